The third-order valence-corrected chi connectivity index (χ3v) is 7.09. The van der Waals surface area contributed by atoms with Crippen LogP contribution in [0.25, 0.3) is 0 Å². The Balaban J connectivity index is 1.92. The van der Waals surface area contributed by atoms with Crippen molar-refractivity contribution in [3.05, 3.63) is 88.9 Å². The summed E-state index contributed by atoms with van der Waals surface area (Å²) in [6.45, 7) is 3.25. The lowest BCUT2D eigenvalue weighted by Crippen LogP contribution is -2.41. The van der Waals surface area contributed by atoms with Crippen molar-refractivity contribution in [2.45, 2.75) is 24.8 Å². The lowest BCUT2D eigenvalue weighted by Gasteiger charge is -2.26. The molecule has 1 amide bonds. The monoisotopic (exact) mass is 472 g/mol. The van der Waals surface area contributed by atoms with Crippen LogP contribution in [-0.4, -0.2) is 28.0 Å². The van der Waals surface area contributed by atoms with Crippen LogP contribution in [0.4, 0.5) is 5.69 Å². The van der Waals surface area contributed by atoms with Crippen LogP contribution in [0.1, 0.15) is 24.1 Å². The van der Waals surface area contributed by atoms with Crippen LogP contribution in [0.5, 0.6) is 5.75 Å². The Bertz CT molecular complexity index is 1200. The van der Waals surface area contributed by atoms with Crippen molar-refractivity contribution >= 4 is 33.2 Å². The number of anilines is 1. The SMILES string of the molecule is COc1ccccc1[C@H](C)NC(=O)CN(c1ccccc1Cl)S(=O)(=O)c1ccc(C)cc1. The van der Waals surface area contributed by atoms with Gasteiger partial charge in [0.15, 0.2) is 0 Å². The van der Waals surface area contributed by atoms with Gasteiger partial charge in [0.1, 0.15) is 12.3 Å². The number of sulfonamides is 1. The first kappa shape index (κ1) is 23.6. The molecule has 3 aromatic rings. The fraction of sp³-hybridized carbons (Fsp3) is 0.208. The van der Waals surface area contributed by atoms with Crippen molar-refractivity contribution < 1.29 is 17.9 Å². The Labute approximate surface area is 193 Å². The molecule has 0 unspecified atom stereocenters. The number of hydrogen-bond acceptors (Lipinski definition) is 4. The summed E-state index contributed by atoms with van der Waals surface area (Å²) < 4.78 is 33.3. The minimum absolute atomic E-state index is 0.0774. The number of benzene rings is 3. The van der Waals surface area contributed by atoms with Crippen molar-refractivity contribution in [2.24, 2.45) is 0 Å². The molecule has 0 aliphatic carbocycles. The molecule has 1 atom stereocenters. The molecule has 0 saturated carbocycles. The van der Waals surface area contributed by atoms with E-state index in [1.54, 1.807) is 49.6 Å². The highest BCUT2D eigenvalue weighted by atomic mass is 35.5. The molecule has 1 N–H and O–H groups in total. The number of ether oxygens (including phenoxy) is 1. The van der Waals surface area contributed by atoms with Crippen molar-refractivity contribution in [2.75, 3.05) is 18.0 Å². The van der Waals surface area contributed by atoms with Gasteiger partial charge >= 0.3 is 0 Å². The van der Waals surface area contributed by atoms with Gasteiger partial charge in [-0.05, 0) is 44.2 Å². The molecular formula is C24H25ClN2O4S. The molecule has 0 radical (unpaired) electrons. The number of hydrogen-bond donors (Lipinski definition) is 1. The summed E-state index contributed by atoms with van der Waals surface area (Å²) >= 11 is 6.31. The molecule has 3 rings (SSSR count). The number of nitrogens with zero attached hydrogens (tertiary/aromatic N) is 1. The fourth-order valence-corrected chi connectivity index (χ4v) is 5.04. The maximum absolute atomic E-state index is 13.5. The third-order valence-electron chi connectivity index (χ3n) is 5.00. The van der Waals surface area contributed by atoms with Gasteiger partial charge in [0.05, 0.1) is 28.8 Å². The summed E-state index contributed by atoms with van der Waals surface area (Å²) in [7, 11) is -2.48. The summed E-state index contributed by atoms with van der Waals surface area (Å²) in [5.41, 5.74) is 1.94. The van der Waals surface area contributed by atoms with Gasteiger partial charge in [0.25, 0.3) is 10.0 Å². The zero-order chi connectivity index (χ0) is 23.3. The molecule has 0 spiro atoms. The molecule has 0 aliphatic rings. The second kappa shape index (κ2) is 10.1. The van der Waals surface area contributed by atoms with Crippen LogP contribution in [-0.2, 0) is 14.8 Å². The maximum Gasteiger partial charge on any atom is 0.264 e. The predicted molar refractivity (Wildman–Crippen MR) is 127 cm³/mol. The van der Waals surface area contributed by atoms with Crippen molar-refractivity contribution in [1.82, 2.24) is 5.32 Å². The van der Waals surface area contributed by atoms with Gasteiger partial charge in [-0.3, -0.25) is 9.10 Å². The second-order valence-corrected chi connectivity index (χ2v) is 9.58. The molecule has 6 nitrogen and oxygen atoms in total. The molecule has 0 aliphatic heterocycles. The lowest BCUT2D eigenvalue weighted by atomic mass is 10.1. The van der Waals surface area contributed by atoms with E-state index >= 15 is 0 Å². The minimum atomic E-state index is -4.04. The molecule has 32 heavy (non-hydrogen) atoms. The zero-order valence-electron chi connectivity index (χ0n) is 18.1. The molecular weight excluding hydrogens is 448 g/mol. The van der Waals surface area contributed by atoms with Crippen molar-refractivity contribution in [3.63, 3.8) is 0 Å². The number of aryl methyl sites for hydroxylation is 1. The second-order valence-electron chi connectivity index (χ2n) is 7.31. The maximum atomic E-state index is 13.5. The van der Waals surface area contributed by atoms with Gasteiger partial charge in [-0.2, -0.15) is 0 Å². The normalized spacial score (nSPS) is 12.1. The van der Waals surface area contributed by atoms with Gasteiger partial charge in [0.2, 0.25) is 5.91 Å². The largest absolute Gasteiger partial charge is 0.496 e. The van der Waals surface area contributed by atoms with Gasteiger partial charge in [0, 0.05) is 5.56 Å². The topological polar surface area (TPSA) is 75.7 Å². The number of carbonyl (C=O) groups excluding carboxylic acids is 1. The average Bonchev–Trinajstić information content (AvgIpc) is 2.78. The van der Waals surface area contributed by atoms with E-state index in [-0.39, 0.29) is 15.6 Å². The van der Waals surface area contributed by atoms with E-state index in [4.69, 9.17) is 16.3 Å². The van der Waals surface area contributed by atoms with Crippen LogP contribution in [0.3, 0.4) is 0 Å². The minimum Gasteiger partial charge on any atom is -0.496 e. The smallest absolute Gasteiger partial charge is 0.264 e. The van der Waals surface area contributed by atoms with E-state index in [9.17, 15) is 13.2 Å². The molecule has 0 bridgehead atoms. The predicted octanol–water partition coefficient (Wildman–Crippen LogP) is 4.73. The van der Waals surface area contributed by atoms with E-state index < -0.39 is 28.5 Å². The highest BCUT2D eigenvalue weighted by Crippen LogP contribution is 2.30. The van der Waals surface area contributed by atoms with E-state index in [0.29, 0.717) is 5.75 Å². The number of rotatable bonds is 8. The fourth-order valence-electron chi connectivity index (χ4n) is 3.31. The lowest BCUT2D eigenvalue weighted by molar-refractivity contribution is -0.120. The first-order chi connectivity index (χ1) is 15.2. The molecule has 168 valence electrons. The van der Waals surface area contributed by atoms with Crippen LogP contribution in [0, 0.1) is 6.92 Å². The molecule has 0 saturated heterocycles. The molecule has 0 fully saturated rings. The Morgan fingerprint density at radius 1 is 1.03 bits per heavy atom. The van der Waals surface area contributed by atoms with Gasteiger partial charge in [-0.25, -0.2) is 8.42 Å². The van der Waals surface area contributed by atoms with Gasteiger partial charge in [-0.15, -0.1) is 0 Å². The quantitative estimate of drug-likeness (QED) is 0.514. The van der Waals surface area contributed by atoms with Gasteiger partial charge in [-0.1, -0.05) is 59.6 Å². The highest BCUT2D eigenvalue weighted by molar-refractivity contribution is 7.92. The van der Waals surface area contributed by atoms with Crippen LogP contribution in [0.2, 0.25) is 5.02 Å². The Morgan fingerprint density at radius 3 is 2.31 bits per heavy atom. The number of para-hydroxylation sites is 2. The summed E-state index contributed by atoms with van der Waals surface area (Å²) in [5.74, 6) is 0.162. The Hall–Kier alpha value is -3.03. The van der Waals surface area contributed by atoms with Crippen molar-refractivity contribution in [1.29, 1.82) is 0 Å². The summed E-state index contributed by atoms with van der Waals surface area (Å²) in [5, 5.41) is 3.09. The number of nitrogens with one attached hydrogen (secondary N) is 1. The highest BCUT2D eigenvalue weighted by Gasteiger charge is 2.29. The van der Waals surface area contributed by atoms with E-state index in [2.05, 4.69) is 5.32 Å². The number of amides is 1. The Kier molecular flexibility index (Phi) is 7.43. The summed E-state index contributed by atoms with van der Waals surface area (Å²) in [4.78, 5) is 13.0. The van der Waals surface area contributed by atoms with E-state index in [1.807, 2.05) is 32.0 Å². The zero-order valence-corrected chi connectivity index (χ0v) is 19.7. The average molecular weight is 473 g/mol. The van der Waals surface area contributed by atoms with Crippen LogP contribution in [0.15, 0.2) is 77.7 Å². The number of methoxy groups -OCH3 is 1. The third kappa shape index (κ3) is 5.23. The van der Waals surface area contributed by atoms with Gasteiger partial charge < -0.3 is 10.1 Å². The van der Waals surface area contributed by atoms with Crippen LogP contribution < -0.4 is 14.4 Å². The van der Waals surface area contributed by atoms with E-state index in [1.165, 1.54) is 12.1 Å². The number of carbonyl (C=O) groups is 1. The standard InChI is InChI=1S/C24H25ClN2O4S/c1-17-12-14-19(15-13-17)32(29,30)27(22-10-6-5-9-21(22)25)16-24(28)26-18(2)20-8-4-7-11-23(20)31-3/h4-15,18H,16H2,1-3H3,(H,26,28)/t18-/m0/s1. The summed E-state index contributed by atoms with van der Waals surface area (Å²) in [6.07, 6.45) is 0. The molecule has 3 aromatic carbocycles. The van der Waals surface area contributed by atoms with E-state index in [0.717, 1.165) is 15.4 Å². The van der Waals surface area contributed by atoms with Crippen LogP contribution >= 0.6 is 11.6 Å². The first-order valence-electron chi connectivity index (χ1n) is 10.00. The molecule has 8 heteroatoms. The molecule has 0 heterocycles. The first-order valence-corrected chi connectivity index (χ1v) is 11.8. The Morgan fingerprint density at radius 2 is 1.66 bits per heavy atom. The van der Waals surface area contributed by atoms with Crippen molar-refractivity contribution in [3.8, 4) is 5.75 Å². The molecule has 0 aromatic heterocycles. The number of halogens is 1. The summed E-state index contributed by atoms with van der Waals surface area (Å²) in [6, 6.07) is 19.9.